The number of para-hydroxylation sites is 1. The minimum Gasteiger partial charge on any atom is -0.370 e. The zero-order valence-corrected chi connectivity index (χ0v) is 10.8. The molecule has 94 valence electrons. The number of hydrogen-bond donors (Lipinski definition) is 0. The smallest absolute Gasteiger partial charge is 0.161 e. The largest absolute Gasteiger partial charge is 0.370 e. The first-order chi connectivity index (χ1) is 7.93. The number of carbonyl (C=O) groups is 1. The van der Waals surface area contributed by atoms with Crippen LogP contribution in [-0.4, -0.2) is 44.9 Å². The van der Waals surface area contributed by atoms with Gasteiger partial charge in [0.15, 0.2) is 5.78 Å². The number of rotatable bonds is 5. The van der Waals surface area contributed by atoms with Crippen molar-refractivity contribution in [3.8, 4) is 0 Å². The van der Waals surface area contributed by atoms with Crippen LogP contribution in [0.3, 0.4) is 0 Å². The van der Waals surface area contributed by atoms with Crippen LogP contribution in [0, 0.1) is 5.82 Å². The number of carbonyl (C=O) groups excluding carboxylic acids is 1. The van der Waals surface area contributed by atoms with E-state index in [1.54, 1.807) is 24.1 Å². The van der Waals surface area contributed by atoms with Gasteiger partial charge in [0.1, 0.15) is 5.82 Å². The van der Waals surface area contributed by atoms with Crippen LogP contribution < -0.4 is 4.90 Å². The van der Waals surface area contributed by atoms with Gasteiger partial charge < -0.3 is 9.80 Å². The second kappa shape index (κ2) is 5.77. The second-order valence-electron chi connectivity index (χ2n) is 4.42. The normalized spacial score (nSPS) is 10.7. The highest BCUT2D eigenvalue weighted by Crippen LogP contribution is 2.23. The Bertz CT molecular complexity index is 404. The van der Waals surface area contributed by atoms with Crippen molar-refractivity contribution < 1.29 is 9.18 Å². The molecule has 0 N–H and O–H groups in total. The van der Waals surface area contributed by atoms with Crippen LogP contribution in [0.25, 0.3) is 0 Å². The molecule has 1 rings (SSSR count). The molecule has 0 aliphatic rings. The van der Waals surface area contributed by atoms with Crippen molar-refractivity contribution in [1.82, 2.24) is 4.90 Å². The lowest BCUT2D eigenvalue weighted by Gasteiger charge is -2.23. The molecule has 0 fully saturated rings. The summed E-state index contributed by atoms with van der Waals surface area (Å²) >= 11 is 0. The van der Waals surface area contributed by atoms with E-state index >= 15 is 0 Å². The zero-order valence-electron chi connectivity index (χ0n) is 10.8. The molecular weight excluding hydrogens is 219 g/mol. The maximum atomic E-state index is 13.8. The molecule has 0 bridgehead atoms. The van der Waals surface area contributed by atoms with E-state index in [0.29, 0.717) is 17.8 Å². The number of Topliss-reactive ketones (excluding diaryl/α,β-unsaturated/α-hetero) is 1. The van der Waals surface area contributed by atoms with E-state index in [0.717, 1.165) is 6.54 Å². The number of hydrogen-bond acceptors (Lipinski definition) is 3. The average molecular weight is 238 g/mol. The first-order valence-corrected chi connectivity index (χ1v) is 5.58. The topological polar surface area (TPSA) is 23.6 Å². The monoisotopic (exact) mass is 238 g/mol. The number of anilines is 1. The molecule has 0 radical (unpaired) electrons. The summed E-state index contributed by atoms with van der Waals surface area (Å²) in [4.78, 5) is 15.3. The zero-order chi connectivity index (χ0) is 13.0. The fourth-order valence-corrected chi connectivity index (χ4v) is 1.65. The molecule has 0 aliphatic carbocycles. The standard InChI is InChI=1S/C13H19FN2O/c1-10(17)11-6-5-7-12(14)13(11)16(4)9-8-15(2)3/h5-7H,8-9H2,1-4H3. The summed E-state index contributed by atoms with van der Waals surface area (Å²) in [5.41, 5.74) is 0.827. The molecule has 1 aromatic rings. The first kappa shape index (κ1) is 13.6. The summed E-state index contributed by atoms with van der Waals surface area (Å²) in [7, 11) is 5.72. The van der Waals surface area contributed by atoms with Gasteiger partial charge in [-0.3, -0.25) is 4.79 Å². The molecule has 4 heteroatoms. The first-order valence-electron chi connectivity index (χ1n) is 5.58. The SMILES string of the molecule is CC(=O)c1cccc(F)c1N(C)CCN(C)C. The summed E-state index contributed by atoms with van der Waals surface area (Å²) < 4.78 is 13.8. The van der Waals surface area contributed by atoms with Crippen molar-refractivity contribution in [2.24, 2.45) is 0 Å². The molecular formula is C13H19FN2O. The van der Waals surface area contributed by atoms with Gasteiger partial charge in [0.05, 0.1) is 5.69 Å². The molecule has 0 aromatic heterocycles. The fourth-order valence-electron chi connectivity index (χ4n) is 1.65. The second-order valence-corrected chi connectivity index (χ2v) is 4.42. The predicted molar refractivity (Wildman–Crippen MR) is 68.2 cm³/mol. The van der Waals surface area contributed by atoms with Gasteiger partial charge in [0, 0.05) is 25.7 Å². The highest BCUT2D eigenvalue weighted by atomic mass is 19.1. The van der Waals surface area contributed by atoms with Crippen molar-refractivity contribution in [1.29, 1.82) is 0 Å². The van der Waals surface area contributed by atoms with Gasteiger partial charge in [0.2, 0.25) is 0 Å². The van der Waals surface area contributed by atoms with Crippen LogP contribution in [0.5, 0.6) is 0 Å². The van der Waals surface area contributed by atoms with Crippen LogP contribution in [-0.2, 0) is 0 Å². The Kier molecular flexibility index (Phi) is 4.63. The van der Waals surface area contributed by atoms with Crippen molar-refractivity contribution in [2.45, 2.75) is 6.92 Å². The summed E-state index contributed by atoms with van der Waals surface area (Å²) in [5.74, 6) is -0.463. The van der Waals surface area contributed by atoms with Crippen LogP contribution in [0.2, 0.25) is 0 Å². The molecule has 1 aromatic carbocycles. The van der Waals surface area contributed by atoms with Crippen molar-refractivity contribution >= 4 is 11.5 Å². The lowest BCUT2D eigenvalue weighted by Crippen LogP contribution is -2.30. The molecule has 3 nitrogen and oxygen atoms in total. The molecule has 0 saturated heterocycles. The van der Waals surface area contributed by atoms with E-state index in [4.69, 9.17) is 0 Å². The van der Waals surface area contributed by atoms with Crippen molar-refractivity contribution in [3.05, 3.63) is 29.6 Å². The molecule has 0 aliphatic heterocycles. The lowest BCUT2D eigenvalue weighted by molar-refractivity contribution is 0.101. The average Bonchev–Trinajstić information content (AvgIpc) is 2.25. The fraction of sp³-hybridized carbons (Fsp3) is 0.462. The quantitative estimate of drug-likeness (QED) is 0.733. The van der Waals surface area contributed by atoms with Gasteiger partial charge in [-0.2, -0.15) is 0 Å². The van der Waals surface area contributed by atoms with E-state index in [1.165, 1.54) is 13.0 Å². The highest BCUT2D eigenvalue weighted by molar-refractivity contribution is 5.99. The molecule has 0 amide bonds. The Morgan fingerprint density at radius 3 is 2.41 bits per heavy atom. The summed E-state index contributed by atoms with van der Waals surface area (Å²) in [6, 6.07) is 4.61. The van der Waals surface area contributed by atoms with Gasteiger partial charge in [-0.1, -0.05) is 6.07 Å². The van der Waals surface area contributed by atoms with E-state index in [2.05, 4.69) is 0 Å². The molecule has 0 atom stereocenters. The number of ketones is 1. The molecule has 0 heterocycles. The number of benzene rings is 1. The maximum Gasteiger partial charge on any atom is 0.161 e. The van der Waals surface area contributed by atoms with Gasteiger partial charge >= 0.3 is 0 Å². The Morgan fingerprint density at radius 1 is 1.24 bits per heavy atom. The third-order valence-corrected chi connectivity index (χ3v) is 2.63. The van der Waals surface area contributed by atoms with Gasteiger partial charge in [-0.05, 0) is 33.2 Å². The molecule has 0 saturated carbocycles. The Labute approximate surface area is 102 Å². The van der Waals surface area contributed by atoms with E-state index in [1.807, 2.05) is 19.0 Å². The molecule has 0 spiro atoms. The number of likely N-dealkylation sites (N-methyl/N-ethyl adjacent to an activating group) is 2. The molecule has 17 heavy (non-hydrogen) atoms. The van der Waals surface area contributed by atoms with Crippen molar-refractivity contribution in [2.75, 3.05) is 39.1 Å². The Hall–Kier alpha value is -1.42. The Balaban J connectivity index is 2.98. The number of nitrogens with zero attached hydrogens (tertiary/aromatic N) is 2. The van der Waals surface area contributed by atoms with E-state index in [-0.39, 0.29) is 11.6 Å². The predicted octanol–water partition coefficient (Wildman–Crippen LogP) is 2.03. The summed E-state index contributed by atoms with van der Waals surface area (Å²) in [6.45, 7) is 2.94. The van der Waals surface area contributed by atoms with Crippen LogP contribution in [0.15, 0.2) is 18.2 Å². The number of halogens is 1. The third kappa shape index (κ3) is 3.53. The van der Waals surface area contributed by atoms with Crippen LogP contribution in [0.4, 0.5) is 10.1 Å². The van der Waals surface area contributed by atoms with Gasteiger partial charge in [-0.25, -0.2) is 4.39 Å². The van der Waals surface area contributed by atoms with Crippen LogP contribution in [0.1, 0.15) is 17.3 Å². The summed E-state index contributed by atoms with van der Waals surface area (Å²) in [6.07, 6.45) is 0. The van der Waals surface area contributed by atoms with Gasteiger partial charge in [-0.15, -0.1) is 0 Å². The third-order valence-electron chi connectivity index (χ3n) is 2.63. The highest BCUT2D eigenvalue weighted by Gasteiger charge is 2.15. The van der Waals surface area contributed by atoms with E-state index < -0.39 is 0 Å². The van der Waals surface area contributed by atoms with Gasteiger partial charge in [0.25, 0.3) is 0 Å². The lowest BCUT2D eigenvalue weighted by atomic mass is 10.1. The minimum atomic E-state index is -0.348. The maximum absolute atomic E-state index is 13.8. The van der Waals surface area contributed by atoms with Crippen molar-refractivity contribution in [3.63, 3.8) is 0 Å². The summed E-state index contributed by atoms with van der Waals surface area (Å²) in [5, 5.41) is 0. The minimum absolute atomic E-state index is 0.115. The van der Waals surface area contributed by atoms with E-state index in [9.17, 15) is 9.18 Å². The van der Waals surface area contributed by atoms with Crippen LogP contribution >= 0.6 is 0 Å². The molecule has 0 unspecified atom stereocenters. The Morgan fingerprint density at radius 2 is 1.88 bits per heavy atom.